The first-order valence-electron chi connectivity index (χ1n) is 5.39. The lowest BCUT2D eigenvalue weighted by atomic mass is 10.2. The maximum atomic E-state index is 8.65. The molecule has 0 spiro atoms. The first kappa shape index (κ1) is 13.1. The quantitative estimate of drug-likeness (QED) is 0.575. The summed E-state index contributed by atoms with van der Waals surface area (Å²) in [6.45, 7) is 1.76. The minimum atomic E-state index is 0.630. The Bertz CT molecular complexity index is 402. The minimum absolute atomic E-state index is 0.630. The summed E-state index contributed by atoms with van der Waals surface area (Å²) >= 11 is 0. The van der Waals surface area contributed by atoms with E-state index in [-0.39, 0.29) is 0 Å². The molecule has 0 aromatic heterocycles. The van der Waals surface area contributed by atoms with Crippen molar-refractivity contribution < 1.29 is 0 Å². The summed E-state index contributed by atoms with van der Waals surface area (Å²) in [4.78, 5) is 2.09. The number of hydrogen-bond acceptors (Lipinski definition) is 4. The number of rotatable bonds is 5. The molecular formula is C12H17N5. The number of likely N-dealkylation sites (N-methyl/N-ethyl adjacent to an activating group) is 2. The van der Waals surface area contributed by atoms with Crippen LogP contribution in [0.3, 0.4) is 0 Å². The molecule has 0 saturated heterocycles. The van der Waals surface area contributed by atoms with Crippen LogP contribution in [0.15, 0.2) is 34.6 Å². The topological polar surface area (TPSA) is 55.0 Å². The van der Waals surface area contributed by atoms with Crippen molar-refractivity contribution in [2.45, 2.75) is 0 Å². The van der Waals surface area contributed by atoms with Crippen LogP contribution in [0.1, 0.15) is 5.56 Å². The lowest BCUT2D eigenvalue weighted by Gasteiger charge is -2.14. The van der Waals surface area contributed by atoms with Gasteiger partial charge in [0.2, 0.25) is 0 Å². The molecule has 5 nitrogen and oxygen atoms in total. The van der Waals surface area contributed by atoms with Crippen LogP contribution < -0.4 is 0 Å². The van der Waals surface area contributed by atoms with Gasteiger partial charge in [0.1, 0.15) is 0 Å². The average molecular weight is 231 g/mol. The fraction of sp³-hybridized carbons (Fsp3) is 0.417. The molecule has 0 heterocycles. The zero-order valence-corrected chi connectivity index (χ0v) is 10.5. The highest BCUT2D eigenvalue weighted by Gasteiger charge is 1.96. The predicted molar refractivity (Wildman–Crippen MR) is 66.9 cm³/mol. The third kappa shape index (κ3) is 5.09. The van der Waals surface area contributed by atoms with Gasteiger partial charge in [0.05, 0.1) is 23.9 Å². The SMILES string of the molecule is CN(C)CCN(C)N=Nc1ccc(C#N)cc1. The molecule has 1 aromatic carbocycles. The van der Waals surface area contributed by atoms with Crippen molar-refractivity contribution >= 4 is 5.69 Å². The summed E-state index contributed by atoms with van der Waals surface area (Å²) in [7, 11) is 5.92. The molecule has 0 unspecified atom stereocenters. The molecule has 1 aromatic rings. The van der Waals surface area contributed by atoms with E-state index in [0.29, 0.717) is 5.56 Å². The van der Waals surface area contributed by atoms with Crippen molar-refractivity contribution in [3.8, 4) is 6.07 Å². The van der Waals surface area contributed by atoms with E-state index in [2.05, 4.69) is 21.3 Å². The lowest BCUT2D eigenvalue weighted by Crippen LogP contribution is -2.24. The van der Waals surface area contributed by atoms with E-state index in [1.54, 1.807) is 29.3 Å². The summed E-state index contributed by atoms with van der Waals surface area (Å²) < 4.78 is 0. The molecule has 17 heavy (non-hydrogen) atoms. The lowest BCUT2D eigenvalue weighted by molar-refractivity contribution is 0.279. The molecule has 0 radical (unpaired) electrons. The summed E-state index contributed by atoms with van der Waals surface area (Å²) in [5, 5.41) is 18.6. The molecule has 0 amide bonds. The Morgan fingerprint density at radius 1 is 1.12 bits per heavy atom. The van der Waals surface area contributed by atoms with Crippen LogP contribution in [-0.4, -0.2) is 44.1 Å². The highest BCUT2D eigenvalue weighted by atomic mass is 15.5. The van der Waals surface area contributed by atoms with E-state index in [9.17, 15) is 0 Å². The second kappa shape index (κ2) is 6.61. The Morgan fingerprint density at radius 3 is 2.29 bits per heavy atom. The molecular weight excluding hydrogens is 214 g/mol. The molecule has 0 fully saturated rings. The third-order valence-electron chi connectivity index (χ3n) is 2.18. The maximum absolute atomic E-state index is 8.65. The van der Waals surface area contributed by atoms with Gasteiger partial charge in [0.15, 0.2) is 0 Å². The highest BCUT2D eigenvalue weighted by molar-refractivity contribution is 5.41. The molecule has 90 valence electrons. The van der Waals surface area contributed by atoms with Crippen LogP contribution in [-0.2, 0) is 0 Å². The van der Waals surface area contributed by atoms with Gasteiger partial charge in [-0.15, -0.1) is 5.11 Å². The van der Waals surface area contributed by atoms with E-state index in [1.807, 2.05) is 21.1 Å². The number of benzene rings is 1. The molecule has 0 aliphatic rings. The number of hydrogen-bond donors (Lipinski definition) is 0. The number of nitrogens with zero attached hydrogens (tertiary/aromatic N) is 5. The van der Waals surface area contributed by atoms with Crippen LogP contribution in [0, 0.1) is 11.3 Å². The van der Waals surface area contributed by atoms with Gasteiger partial charge in [0, 0.05) is 13.6 Å². The summed E-state index contributed by atoms with van der Waals surface area (Å²) in [6, 6.07) is 9.08. The van der Waals surface area contributed by atoms with Crippen molar-refractivity contribution in [2.75, 3.05) is 34.2 Å². The fourth-order valence-corrected chi connectivity index (χ4v) is 1.12. The van der Waals surface area contributed by atoms with Crippen molar-refractivity contribution in [3.05, 3.63) is 29.8 Å². The first-order chi connectivity index (χ1) is 8.11. The van der Waals surface area contributed by atoms with Crippen molar-refractivity contribution in [1.29, 1.82) is 5.26 Å². The van der Waals surface area contributed by atoms with Crippen molar-refractivity contribution in [2.24, 2.45) is 10.3 Å². The number of nitriles is 1. The van der Waals surface area contributed by atoms with Crippen LogP contribution in [0.25, 0.3) is 0 Å². The van der Waals surface area contributed by atoms with E-state index in [4.69, 9.17) is 5.26 Å². The molecule has 0 atom stereocenters. The monoisotopic (exact) mass is 231 g/mol. The molecule has 5 heteroatoms. The van der Waals surface area contributed by atoms with Crippen LogP contribution >= 0.6 is 0 Å². The zero-order valence-electron chi connectivity index (χ0n) is 10.5. The van der Waals surface area contributed by atoms with E-state index >= 15 is 0 Å². The van der Waals surface area contributed by atoms with E-state index in [0.717, 1.165) is 18.8 Å². The summed E-state index contributed by atoms with van der Waals surface area (Å²) in [5.41, 5.74) is 1.38. The van der Waals surface area contributed by atoms with Gasteiger partial charge in [-0.2, -0.15) is 5.26 Å². The maximum Gasteiger partial charge on any atom is 0.0991 e. The molecule has 0 aliphatic carbocycles. The fourth-order valence-electron chi connectivity index (χ4n) is 1.12. The van der Waals surface area contributed by atoms with Crippen LogP contribution in [0.4, 0.5) is 5.69 Å². The Labute approximate surface area is 102 Å². The largest absolute Gasteiger partial charge is 0.308 e. The highest BCUT2D eigenvalue weighted by Crippen LogP contribution is 2.13. The smallest absolute Gasteiger partial charge is 0.0991 e. The molecule has 0 aliphatic heterocycles. The van der Waals surface area contributed by atoms with Gasteiger partial charge < -0.3 is 4.90 Å². The predicted octanol–water partition coefficient (Wildman–Crippen LogP) is 2.05. The average Bonchev–Trinajstić information content (AvgIpc) is 2.34. The van der Waals surface area contributed by atoms with Gasteiger partial charge in [-0.05, 0) is 38.4 Å². The van der Waals surface area contributed by atoms with Gasteiger partial charge in [0.25, 0.3) is 0 Å². The standard InChI is InChI=1S/C12H17N5/c1-16(2)8-9-17(3)15-14-12-6-4-11(10-13)5-7-12/h4-7H,8-9H2,1-3H3. The third-order valence-corrected chi connectivity index (χ3v) is 2.18. The molecule has 0 saturated carbocycles. The second-order valence-electron chi connectivity index (χ2n) is 4.03. The Balaban J connectivity index is 2.49. The van der Waals surface area contributed by atoms with E-state index in [1.165, 1.54) is 0 Å². The second-order valence-corrected chi connectivity index (χ2v) is 4.03. The van der Waals surface area contributed by atoms with Crippen LogP contribution in [0.5, 0.6) is 0 Å². The summed E-state index contributed by atoms with van der Waals surface area (Å²) in [5.74, 6) is 0. The summed E-state index contributed by atoms with van der Waals surface area (Å²) in [6.07, 6.45) is 0. The Kier molecular flexibility index (Phi) is 5.11. The van der Waals surface area contributed by atoms with Crippen molar-refractivity contribution in [3.63, 3.8) is 0 Å². The van der Waals surface area contributed by atoms with Crippen LogP contribution in [0.2, 0.25) is 0 Å². The molecule has 0 bridgehead atoms. The Morgan fingerprint density at radius 2 is 1.76 bits per heavy atom. The zero-order chi connectivity index (χ0) is 12.7. The van der Waals surface area contributed by atoms with Gasteiger partial charge >= 0.3 is 0 Å². The van der Waals surface area contributed by atoms with Gasteiger partial charge in [-0.1, -0.05) is 5.22 Å². The van der Waals surface area contributed by atoms with E-state index < -0.39 is 0 Å². The molecule has 1 rings (SSSR count). The van der Waals surface area contributed by atoms with Gasteiger partial charge in [-0.25, -0.2) is 0 Å². The first-order valence-corrected chi connectivity index (χ1v) is 5.39. The van der Waals surface area contributed by atoms with Crippen molar-refractivity contribution in [1.82, 2.24) is 9.91 Å². The Hall–Kier alpha value is -1.93. The normalized spacial score (nSPS) is 10.8. The van der Waals surface area contributed by atoms with Gasteiger partial charge in [-0.3, -0.25) is 5.01 Å². The minimum Gasteiger partial charge on any atom is -0.308 e. The molecule has 0 N–H and O–H groups in total.